The van der Waals surface area contributed by atoms with Gasteiger partial charge in [0, 0.05) is 24.2 Å². The Morgan fingerprint density at radius 2 is 2.00 bits per heavy atom. The molecule has 1 saturated heterocycles. The molecule has 3 heterocycles. The van der Waals surface area contributed by atoms with E-state index in [4.69, 9.17) is 14.7 Å². The summed E-state index contributed by atoms with van der Waals surface area (Å²) in [6.45, 7) is 5.00. The molecule has 7 heteroatoms. The minimum atomic E-state index is -0.106. The molecule has 4 rings (SSSR count). The van der Waals surface area contributed by atoms with E-state index in [0.29, 0.717) is 31.0 Å². The van der Waals surface area contributed by atoms with Crippen LogP contribution in [0.5, 0.6) is 5.75 Å². The van der Waals surface area contributed by atoms with Gasteiger partial charge in [0.05, 0.1) is 26.1 Å². The SMILES string of the molecule is CCC(=O)N1CCC[C@@H]1c1nc(C)c2c(n1)N(Cc1ccc(OC)cc1)C(=O)C2. The van der Waals surface area contributed by atoms with Gasteiger partial charge >= 0.3 is 0 Å². The summed E-state index contributed by atoms with van der Waals surface area (Å²) in [6, 6.07) is 7.58. The fourth-order valence-electron chi connectivity index (χ4n) is 4.16. The first-order chi connectivity index (χ1) is 14.0. The van der Waals surface area contributed by atoms with Crippen LogP contribution >= 0.6 is 0 Å². The van der Waals surface area contributed by atoms with Gasteiger partial charge in [-0.1, -0.05) is 19.1 Å². The third-order valence-electron chi connectivity index (χ3n) is 5.77. The Hall–Kier alpha value is -2.96. The first kappa shape index (κ1) is 19.4. The van der Waals surface area contributed by atoms with E-state index in [1.165, 1.54) is 0 Å². The predicted molar refractivity (Wildman–Crippen MR) is 109 cm³/mol. The average Bonchev–Trinajstić information content (AvgIpc) is 3.34. The van der Waals surface area contributed by atoms with Crippen molar-refractivity contribution in [3.8, 4) is 5.75 Å². The number of aromatic nitrogens is 2. The third kappa shape index (κ3) is 3.57. The van der Waals surface area contributed by atoms with Crippen molar-refractivity contribution in [2.45, 2.75) is 52.1 Å². The maximum absolute atomic E-state index is 12.7. The molecule has 2 aromatic rings. The molecule has 152 valence electrons. The van der Waals surface area contributed by atoms with E-state index in [1.54, 1.807) is 12.0 Å². The molecule has 1 aromatic carbocycles. The van der Waals surface area contributed by atoms with Crippen LogP contribution < -0.4 is 9.64 Å². The van der Waals surface area contributed by atoms with Gasteiger partial charge in [-0.2, -0.15) is 0 Å². The highest BCUT2D eigenvalue weighted by molar-refractivity contribution is 6.00. The number of benzene rings is 1. The predicted octanol–water partition coefficient (Wildman–Crippen LogP) is 2.96. The lowest BCUT2D eigenvalue weighted by Gasteiger charge is -2.25. The number of carbonyl (C=O) groups excluding carboxylic acids is 2. The Labute approximate surface area is 170 Å². The second kappa shape index (κ2) is 7.81. The van der Waals surface area contributed by atoms with Gasteiger partial charge in [0.1, 0.15) is 11.6 Å². The molecule has 0 radical (unpaired) electrons. The lowest BCUT2D eigenvalue weighted by molar-refractivity contribution is -0.131. The van der Waals surface area contributed by atoms with Crippen LogP contribution in [0.1, 0.15) is 54.9 Å². The van der Waals surface area contributed by atoms with Gasteiger partial charge in [0.15, 0.2) is 5.82 Å². The van der Waals surface area contributed by atoms with E-state index >= 15 is 0 Å². The summed E-state index contributed by atoms with van der Waals surface area (Å²) >= 11 is 0. The Bertz CT molecular complexity index is 942. The van der Waals surface area contributed by atoms with Crippen molar-refractivity contribution in [2.24, 2.45) is 0 Å². The molecule has 2 aliphatic heterocycles. The first-order valence-electron chi connectivity index (χ1n) is 10.1. The molecule has 0 saturated carbocycles. The number of aryl methyl sites for hydroxylation is 1. The highest BCUT2D eigenvalue weighted by Crippen LogP contribution is 2.35. The van der Waals surface area contributed by atoms with Crippen LogP contribution in [0, 0.1) is 6.92 Å². The lowest BCUT2D eigenvalue weighted by atomic mass is 10.1. The van der Waals surface area contributed by atoms with Gasteiger partial charge in [0.25, 0.3) is 0 Å². The number of anilines is 1. The van der Waals surface area contributed by atoms with Crippen molar-refractivity contribution in [3.05, 3.63) is 46.9 Å². The van der Waals surface area contributed by atoms with Crippen molar-refractivity contribution >= 4 is 17.6 Å². The molecule has 1 aromatic heterocycles. The van der Waals surface area contributed by atoms with E-state index in [-0.39, 0.29) is 17.9 Å². The van der Waals surface area contributed by atoms with Crippen LogP contribution in [0.2, 0.25) is 0 Å². The number of carbonyl (C=O) groups is 2. The lowest BCUT2D eigenvalue weighted by Crippen LogP contribution is -2.31. The van der Waals surface area contributed by atoms with E-state index in [9.17, 15) is 9.59 Å². The highest BCUT2D eigenvalue weighted by Gasteiger charge is 2.36. The zero-order valence-electron chi connectivity index (χ0n) is 17.1. The quantitative estimate of drug-likeness (QED) is 0.779. The summed E-state index contributed by atoms with van der Waals surface area (Å²) in [6.07, 6.45) is 2.60. The number of rotatable bonds is 5. The van der Waals surface area contributed by atoms with E-state index in [0.717, 1.165) is 42.0 Å². The van der Waals surface area contributed by atoms with Gasteiger partial charge in [0.2, 0.25) is 11.8 Å². The van der Waals surface area contributed by atoms with Crippen molar-refractivity contribution in [2.75, 3.05) is 18.6 Å². The van der Waals surface area contributed by atoms with Crippen molar-refractivity contribution in [1.29, 1.82) is 0 Å². The van der Waals surface area contributed by atoms with Crippen molar-refractivity contribution in [3.63, 3.8) is 0 Å². The van der Waals surface area contributed by atoms with Gasteiger partial charge in [-0.15, -0.1) is 0 Å². The van der Waals surface area contributed by atoms with Crippen LogP contribution in [0.4, 0.5) is 5.82 Å². The molecular formula is C22H26N4O3. The van der Waals surface area contributed by atoms with Crippen LogP contribution in [-0.2, 0) is 22.6 Å². The second-order valence-corrected chi connectivity index (χ2v) is 7.57. The molecule has 0 unspecified atom stereocenters. The minimum absolute atomic E-state index is 0.0262. The minimum Gasteiger partial charge on any atom is -0.497 e. The molecule has 2 aliphatic rings. The molecule has 1 atom stereocenters. The van der Waals surface area contributed by atoms with Crippen LogP contribution in [-0.4, -0.2) is 40.3 Å². The van der Waals surface area contributed by atoms with Crippen LogP contribution in [0.3, 0.4) is 0 Å². The summed E-state index contributed by atoms with van der Waals surface area (Å²) in [5.74, 6) is 2.27. The van der Waals surface area contributed by atoms with Crippen LogP contribution in [0.15, 0.2) is 24.3 Å². The van der Waals surface area contributed by atoms with E-state index < -0.39 is 0 Å². The van der Waals surface area contributed by atoms with Gasteiger partial charge in [-0.25, -0.2) is 9.97 Å². The summed E-state index contributed by atoms with van der Waals surface area (Å²) in [5.41, 5.74) is 2.72. The van der Waals surface area contributed by atoms with Gasteiger partial charge in [-0.3, -0.25) is 14.5 Å². The Morgan fingerprint density at radius 1 is 1.24 bits per heavy atom. The van der Waals surface area contributed by atoms with Gasteiger partial charge < -0.3 is 9.64 Å². The van der Waals surface area contributed by atoms with E-state index in [1.807, 2.05) is 43.0 Å². The number of methoxy groups -OCH3 is 1. The van der Waals surface area contributed by atoms with Crippen LogP contribution in [0.25, 0.3) is 0 Å². The zero-order chi connectivity index (χ0) is 20.5. The maximum atomic E-state index is 12.7. The topological polar surface area (TPSA) is 75.6 Å². The first-order valence-corrected chi connectivity index (χ1v) is 10.1. The number of likely N-dealkylation sites (tertiary alicyclic amines) is 1. The second-order valence-electron chi connectivity index (χ2n) is 7.57. The molecule has 0 aliphatic carbocycles. The van der Waals surface area contributed by atoms with E-state index in [2.05, 4.69) is 0 Å². The third-order valence-corrected chi connectivity index (χ3v) is 5.77. The van der Waals surface area contributed by atoms with Gasteiger partial charge in [-0.05, 0) is 37.5 Å². The number of nitrogens with zero attached hydrogens (tertiary/aromatic N) is 4. The Morgan fingerprint density at radius 3 is 2.69 bits per heavy atom. The standard InChI is InChI=1S/C22H26N4O3/c1-4-19(27)25-11-5-6-18(25)21-23-14(2)17-12-20(28)26(22(17)24-21)13-15-7-9-16(29-3)10-8-15/h7-10,18H,4-6,11-13H2,1-3H3/t18-/m1/s1. The summed E-state index contributed by atoms with van der Waals surface area (Å²) in [7, 11) is 1.63. The summed E-state index contributed by atoms with van der Waals surface area (Å²) in [4.78, 5) is 38.2. The Kier molecular flexibility index (Phi) is 5.22. The molecule has 29 heavy (non-hydrogen) atoms. The summed E-state index contributed by atoms with van der Waals surface area (Å²) < 4.78 is 5.21. The summed E-state index contributed by atoms with van der Waals surface area (Å²) in [5, 5.41) is 0. The maximum Gasteiger partial charge on any atom is 0.233 e. The highest BCUT2D eigenvalue weighted by atomic mass is 16.5. The molecule has 7 nitrogen and oxygen atoms in total. The number of fused-ring (bicyclic) bond motifs is 1. The molecule has 0 spiro atoms. The number of hydrogen-bond acceptors (Lipinski definition) is 5. The normalized spacial score (nSPS) is 18.3. The molecule has 2 amide bonds. The Balaban J connectivity index is 1.65. The fraction of sp³-hybridized carbons (Fsp3) is 0.455. The average molecular weight is 394 g/mol. The number of ether oxygens (including phenoxy) is 1. The smallest absolute Gasteiger partial charge is 0.233 e. The largest absolute Gasteiger partial charge is 0.497 e. The zero-order valence-corrected chi connectivity index (χ0v) is 17.1. The molecule has 0 N–H and O–H groups in total. The molecule has 1 fully saturated rings. The monoisotopic (exact) mass is 394 g/mol. The fourth-order valence-corrected chi connectivity index (χ4v) is 4.16. The number of amides is 2. The van der Waals surface area contributed by atoms with Crippen molar-refractivity contribution < 1.29 is 14.3 Å². The number of hydrogen-bond donors (Lipinski definition) is 0. The van der Waals surface area contributed by atoms with Crippen molar-refractivity contribution in [1.82, 2.24) is 14.9 Å². The molecular weight excluding hydrogens is 368 g/mol. The molecule has 0 bridgehead atoms.